The van der Waals surface area contributed by atoms with E-state index in [0.29, 0.717) is 24.5 Å². The summed E-state index contributed by atoms with van der Waals surface area (Å²) in [5, 5.41) is 9.37. The van der Waals surface area contributed by atoms with Crippen LogP contribution in [0, 0.1) is 18.3 Å². The van der Waals surface area contributed by atoms with E-state index < -0.39 is 0 Å². The first-order valence-electron chi connectivity index (χ1n) is 6.97. The number of nitrogens with zero attached hydrogens (tertiary/aromatic N) is 1. The third-order valence-corrected chi connectivity index (χ3v) is 3.45. The van der Waals surface area contributed by atoms with Gasteiger partial charge in [0.2, 0.25) is 0 Å². The quantitative estimate of drug-likeness (QED) is 0.801. The van der Waals surface area contributed by atoms with Crippen LogP contribution in [0.25, 0.3) is 0 Å². The second kappa shape index (κ2) is 7.35. The molecule has 21 heavy (non-hydrogen) atoms. The van der Waals surface area contributed by atoms with Gasteiger partial charge in [-0.05, 0) is 30.2 Å². The monoisotopic (exact) mass is 281 g/mol. The predicted octanol–water partition coefficient (Wildman–Crippen LogP) is 4.08. The van der Waals surface area contributed by atoms with E-state index in [1.165, 1.54) is 0 Å². The zero-order chi connectivity index (χ0) is 15.1. The van der Waals surface area contributed by atoms with Gasteiger partial charge in [-0.25, -0.2) is 0 Å². The molecule has 0 radical (unpaired) electrons. The van der Waals surface area contributed by atoms with Gasteiger partial charge in [0.15, 0.2) is 11.5 Å². The van der Waals surface area contributed by atoms with Gasteiger partial charge in [0.05, 0.1) is 25.7 Å². The van der Waals surface area contributed by atoms with Gasteiger partial charge in [0.1, 0.15) is 0 Å². The number of hydrogen-bond donors (Lipinski definition) is 0. The molecule has 0 aromatic heterocycles. The fourth-order valence-electron chi connectivity index (χ4n) is 2.29. The molecule has 1 atom stereocenters. The number of rotatable bonds is 6. The van der Waals surface area contributed by atoms with Gasteiger partial charge < -0.3 is 9.47 Å². The molecule has 3 nitrogen and oxygen atoms in total. The SMILES string of the molecule is COc1ccccc1OCCC(C#N)c1ccccc1C. The van der Waals surface area contributed by atoms with Crippen LogP contribution in [0.15, 0.2) is 48.5 Å². The highest BCUT2D eigenvalue weighted by Crippen LogP contribution is 2.27. The Balaban J connectivity index is 1.99. The van der Waals surface area contributed by atoms with Crippen molar-refractivity contribution in [3.8, 4) is 17.6 Å². The third kappa shape index (κ3) is 3.76. The first kappa shape index (κ1) is 14.9. The van der Waals surface area contributed by atoms with Crippen LogP contribution in [0.2, 0.25) is 0 Å². The van der Waals surface area contributed by atoms with Crippen molar-refractivity contribution >= 4 is 0 Å². The molecule has 2 aromatic carbocycles. The summed E-state index contributed by atoms with van der Waals surface area (Å²) in [6.45, 7) is 2.51. The summed E-state index contributed by atoms with van der Waals surface area (Å²) in [5.41, 5.74) is 2.21. The molecule has 0 spiro atoms. The highest BCUT2D eigenvalue weighted by atomic mass is 16.5. The molecular weight excluding hydrogens is 262 g/mol. The van der Waals surface area contributed by atoms with Crippen LogP contribution in [0.5, 0.6) is 11.5 Å². The maximum Gasteiger partial charge on any atom is 0.161 e. The minimum Gasteiger partial charge on any atom is -0.493 e. The fourth-order valence-corrected chi connectivity index (χ4v) is 2.29. The van der Waals surface area contributed by atoms with E-state index in [1.54, 1.807) is 7.11 Å². The number of hydrogen-bond acceptors (Lipinski definition) is 3. The lowest BCUT2D eigenvalue weighted by atomic mass is 9.94. The Morgan fingerprint density at radius 2 is 1.71 bits per heavy atom. The third-order valence-electron chi connectivity index (χ3n) is 3.45. The Bertz CT molecular complexity index is 631. The van der Waals surface area contributed by atoms with Crippen LogP contribution in [0.1, 0.15) is 23.5 Å². The summed E-state index contributed by atoms with van der Waals surface area (Å²) in [6.07, 6.45) is 0.652. The van der Waals surface area contributed by atoms with Crippen LogP contribution in [0.4, 0.5) is 0 Å². The topological polar surface area (TPSA) is 42.2 Å². The number of aryl methyl sites for hydroxylation is 1. The van der Waals surface area contributed by atoms with Gasteiger partial charge in [0.25, 0.3) is 0 Å². The smallest absolute Gasteiger partial charge is 0.161 e. The molecule has 0 saturated carbocycles. The molecule has 2 rings (SSSR count). The van der Waals surface area contributed by atoms with Crippen molar-refractivity contribution < 1.29 is 9.47 Å². The van der Waals surface area contributed by atoms with Crippen molar-refractivity contribution in [2.75, 3.05) is 13.7 Å². The standard InChI is InChI=1S/C18H19NO2/c1-14-7-3-4-8-16(14)15(13-19)11-12-21-18-10-6-5-9-17(18)20-2/h3-10,15H,11-12H2,1-2H3. The highest BCUT2D eigenvalue weighted by Gasteiger charge is 2.13. The van der Waals surface area contributed by atoms with E-state index in [0.717, 1.165) is 11.1 Å². The minimum absolute atomic E-state index is 0.152. The Hall–Kier alpha value is -2.47. The summed E-state index contributed by atoms with van der Waals surface area (Å²) in [7, 11) is 1.62. The van der Waals surface area contributed by atoms with Crippen LogP contribution >= 0.6 is 0 Å². The molecule has 108 valence electrons. The first-order chi connectivity index (χ1) is 10.3. The average molecular weight is 281 g/mol. The lowest BCUT2D eigenvalue weighted by molar-refractivity contribution is 0.285. The Labute approximate surface area is 125 Å². The van der Waals surface area contributed by atoms with Crippen LogP contribution in [0.3, 0.4) is 0 Å². The van der Waals surface area contributed by atoms with Crippen molar-refractivity contribution in [3.63, 3.8) is 0 Å². The number of nitriles is 1. The number of methoxy groups -OCH3 is 1. The van der Waals surface area contributed by atoms with Crippen LogP contribution in [-0.2, 0) is 0 Å². The van der Waals surface area contributed by atoms with Crippen molar-refractivity contribution in [1.29, 1.82) is 5.26 Å². The molecule has 0 saturated heterocycles. The normalized spacial score (nSPS) is 11.5. The zero-order valence-corrected chi connectivity index (χ0v) is 12.4. The van der Waals surface area contributed by atoms with Crippen molar-refractivity contribution in [2.24, 2.45) is 0 Å². The minimum atomic E-state index is -0.152. The van der Waals surface area contributed by atoms with E-state index in [2.05, 4.69) is 6.07 Å². The molecule has 0 aliphatic heterocycles. The van der Waals surface area contributed by atoms with Crippen molar-refractivity contribution in [1.82, 2.24) is 0 Å². The molecular formula is C18H19NO2. The highest BCUT2D eigenvalue weighted by molar-refractivity contribution is 5.39. The van der Waals surface area contributed by atoms with Gasteiger partial charge in [-0.15, -0.1) is 0 Å². The van der Waals surface area contributed by atoms with E-state index in [4.69, 9.17) is 9.47 Å². The Morgan fingerprint density at radius 1 is 1.05 bits per heavy atom. The molecule has 3 heteroatoms. The second-order valence-corrected chi connectivity index (χ2v) is 4.83. The summed E-state index contributed by atoms with van der Waals surface area (Å²) in [5.74, 6) is 1.27. The Morgan fingerprint density at radius 3 is 2.38 bits per heavy atom. The van der Waals surface area contributed by atoms with Gasteiger partial charge in [-0.2, -0.15) is 5.26 Å². The van der Waals surface area contributed by atoms with Crippen LogP contribution in [-0.4, -0.2) is 13.7 Å². The predicted molar refractivity (Wildman–Crippen MR) is 82.6 cm³/mol. The van der Waals surface area contributed by atoms with E-state index in [9.17, 15) is 5.26 Å². The summed E-state index contributed by atoms with van der Waals surface area (Å²) in [4.78, 5) is 0. The number of para-hydroxylation sites is 2. The van der Waals surface area contributed by atoms with Gasteiger partial charge in [-0.1, -0.05) is 36.4 Å². The molecule has 0 amide bonds. The summed E-state index contributed by atoms with van der Waals surface area (Å²) >= 11 is 0. The lowest BCUT2D eigenvalue weighted by Crippen LogP contribution is -2.06. The van der Waals surface area contributed by atoms with Gasteiger partial charge in [0, 0.05) is 6.42 Å². The molecule has 0 aliphatic carbocycles. The zero-order valence-electron chi connectivity index (χ0n) is 12.4. The summed E-state index contributed by atoms with van der Waals surface area (Å²) < 4.78 is 11.0. The molecule has 0 bridgehead atoms. The molecule has 0 aliphatic rings. The van der Waals surface area contributed by atoms with E-state index >= 15 is 0 Å². The van der Waals surface area contributed by atoms with Gasteiger partial charge in [-0.3, -0.25) is 0 Å². The fraction of sp³-hybridized carbons (Fsp3) is 0.278. The number of ether oxygens (including phenoxy) is 2. The maximum absolute atomic E-state index is 9.37. The largest absolute Gasteiger partial charge is 0.493 e. The molecule has 1 unspecified atom stereocenters. The first-order valence-corrected chi connectivity index (χ1v) is 6.97. The molecule has 0 N–H and O–H groups in total. The van der Waals surface area contributed by atoms with E-state index in [-0.39, 0.29) is 5.92 Å². The second-order valence-electron chi connectivity index (χ2n) is 4.83. The average Bonchev–Trinajstić information content (AvgIpc) is 2.53. The van der Waals surface area contributed by atoms with Crippen LogP contribution < -0.4 is 9.47 Å². The van der Waals surface area contributed by atoms with Crippen molar-refractivity contribution in [3.05, 3.63) is 59.7 Å². The molecule has 2 aromatic rings. The van der Waals surface area contributed by atoms with E-state index in [1.807, 2.05) is 55.5 Å². The lowest BCUT2D eigenvalue weighted by Gasteiger charge is -2.14. The van der Waals surface area contributed by atoms with Gasteiger partial charge >= 0.3 is 0 Å². The van der Waals surface area contributed by atoms with Crippen molar-refractivity contribution in [2.45, 2.75) is 19.3 Å². The maximum atomic E-state index is 9.37. The molecule has 0 fully saturated rings. The number of benzene rings is 2. The molecule has 0 heterocycles. The Kier molecular flexibility index (Phi) is 5.22. The summed E-state index contributed by atoms with van der Waals surface area (Å²) in [6, 6.07) is 17.9.